The summed E-state index contributed by atoms with van der Waals surface area (Å²) in [5.41, 5.74) is 3.26. The molecular weight excluding hydrogens is 220 g/mol. The second kappa shape index (κ2) is 5.34. The van der Waals surface area contributed by atoms with Crippen molar-refractivity contribution in [2.45, 2.75) is 26.7 Å². The van der Waals surface area contributed by atoms with Gasteiger partial charge in [-0.2, -0.15) is 0 Å². The summed E-state index contributed by atoms with van der Waals surface area (Å²) in [5.74, 6) is 0.648. The highest BCUT2D eigenvalue weighted by Gasteiger charge is 2.32. The molecule has 0 saturated heterocycles. The van der Waals surface area contributed by atoms with Gasteiger partial charge in [0.05, 0.1) is 0 Å². The molecule has 1 aliphatic carbocycles. The molecule has 1 aromatic rings. The summed E-state index contributed by atoms with van der Waals surface area (Å²) in [4.78, 5) is 12.3. The van der Waals surface area contributed by atoms with Crippen LogP contribution in [-0.4, -0.2) is 5.78 Å². The van der Waals surface area contributed by atoms with Crippen LogP contribution >= 0.6 is 0 Å². The number of carbonyl (C=O) groups is 1. The van der Waals surface area contributed by atoms with Gasteiger partial charge >= 0.3 is 0 Å². The second-order valence-corrected chi connectivity index (χ2v) is 5.24. The first-order chi connectivity index (χ1) is 8.59. The normalized spacial score (nSPS) is 23.7. The van der Waals surface area contributed by atoms with Gasteiger partial charge in [-0.05, 0) is 43.7 Å². The average molecular weight is 240 g/mol. The minimum atomic E-state index is 0.0647. The Morgan fingerprint density at radius 3 is 2.61 bits per heavy atom. The lowest BCUT2D eigenvalue weighted by atomic mass is 9.73. The summed E-state index contributed by atoms with van der Waals surface area (Å²) in [6.45, 7) is 8.01. The van der Waals surface area contributed by atoms with E-state index < -0.39 is 0 Å². The van der Waals surface area contributed by atoms with Crippen molar-refractivity contribution in [2.75, 3.05) is 0 Å². The summed E-state index contributed by atoms with van der Waals surface area (Å²) < 4.78 is 0. The van der Waals surface area contributed by atoms with E-state index in [9.17, 15) is 4.79 Å². The zero-order valence-corrected chi connectivity index (χ0v) is 11.1. The van der Waals surface area contributed by atoms with Crippen LogP contribution in [0.5, 0.6) is 0 Å². The van der Waals surface area contributed by atoms with E-state index >= 15 is 0 Å². The zero-order valence-electron chi connectivity index (χ0n) is 11.1. The molecule has 0 aromatic heterocycles. The third kappa shape index (κ3) is 2.61. The Hall–Kier alpha value is -1.63. The molecule has 0 spiro atoms. The molecule has 0 aliphatic heterocycles. The number of hydrogen-bond donors (Lipinski definition) is 0. The maximum atomic E-state index is 12.3. The molecule has 0 heterocycles. The van der Waals surface area contributed by atoms with Crippen LogP contribution in [0.2, 0.25) is 0 Å². The third-order valence-electron chi connectivity index (χ3n) is 3.82. The lowest BCUT2D eigenvalue weighted by molar-refractivity contribution is -0.120. The van der Waals surface area contributed by atoms with Crippen LogP contribution in [0.4, 0.5) is 0 Å². The summed E-state index contributed by atoms with van der Waals surface area (Å²) in [5, 5.41) is 0. The molecule has 1 heteroatoms. The van der Waals surface area contributed by atoms with Crippen LogP contribution in [0.3, 0.4) is 0 Å². The van der Waals surface area contributed by atoms with Crippen molar-refractivity contribution in [3.8, 4) is 0 Å². The smallest absolute Gasteiger partial charge is 0.162 e. The molecule has 2 rings (SSSR count). The summed E-state index contributed by atoms with van der Waals surface area (Å²) in [7, 11) is 0. The largest absolute Gasteiger partial charge is 0.294 e. The van der Waals surface area contributed by atoms with Crippen molar-refractivity contribution >= 4 is 5.78 Å². The topological polar surface area (TPSA) is 17.1 Å². The molecule has 94 valence electrons. The number of hydrogen-bond acceptors (Lipinski definition) is 1. The van der Waals surface area contributed by atoms with E-state index in [1.165, 1.54) is 5.56 Å². The van der Waals surface area contributed by atoms with Gasteiger partial charge in [-0.15, -0.1) is 0 Å². The van der Waals surface area contributed by atoms with E-state index in [-0.39, 0.29) is 11.7 Å². The molecule has 0 saturated carbocycles. The van der Waals surface area contributed by atoms with E-state index in [0.717, 1.165) is 24.0 Å². The van der Waals surface area contributed by atoms with Crippen molar-refractivity contribution < 1.29 is 4.79 Å². The van der Waals surface area contributed by atoms with Gasteiger partial charge in [0.25, 0.3) is 0 Å². The molecule has 0 fully saturated rings. The fourth-order valence-electron chi connectivity index (χ4n) is 2.69. The van der Waals surface area contributed by atoms with E-state index in [2.05, 4.69) is 24.8 Å². The Morgan fingerprint density at radius 2 is 2.00 bits per heavy atom. The van der Waals surface area contributed by atoms with Crippen molar-refractivity contribution in [1.82, 2.24) is 0 Å². The molecule has 1 nitrogen and oxygen atoms in total. The second-order valence-electron chi connectivity index (χ2n) is 5.24. The molecule has 0 N–H and O–H groups in total. The van der Waals surface area contributed by atoms with Crippen molar-refractivity contribution in [3.05, 3.63) is 59.7 Å². The molecule has 0 radical (unpaired) electrons. The van der Waals surface area contributed by atoms with Crippen LogP contribution < -0.4 is 0 Å². The van der Waals surface area contributed by atoms with Crippen LogP contribution in [0.1, 0.15) is 25.8 Å². The van der Waals surface area contributed by atoms with Crippen molar-refractivity contribution in [3.63, 3.8) is 0 Å². The summed E-state index contributed by atoms with van der Waals surface area (Å²) in [6, 6.07) is 10.3. The van der Waals surface area contributed by atoms with Gasteiger partial charge in [-0.3, -0.25) is 4.79 Å². The Labute approximate surface area is 109 Å². The number of Topliss-reactive ketones (excluding diaryl/α,β-unsaturated/α-hetero) is 1. The number of benzene rings is 1. The Bertz CT molecular complexity index is 482. The van der Waals surface area contributed by atoms with Gasteiger partial charge in [0.1, 0.15) is 0 Å². The molecule has 1 aromatic carbocycles. The molecule has 2 atom stereocenters. The summed E-state index contributed by atoms with van der Waals surface area (Å²) in [6.07, 6.45) is 3.83. The Balaban J connectivity index is 2.24. The molecule has 0 unspecified atom stereocenters. The zero-order chi connectivity index (χ0) is 13.1. The van der Waals surface area contributed by atoms with Crippen molar-refractivity contribution in [2.24, 2.45) is 11.8 Å². The van der Waals surface area contributed by atoms with Gasteiger partial charge < -0.3 is 0 Å². The monoisotopic (exact) mass is 240 g/mol. The predicted octanol–water partition coefficient (Wildman–Crippen LogP) is 3.96. The fraction of sp³-hybridized carbons (Fsp3) is 0.353. The highest BCUT2D eigenvalue weighted by Crippen LogP contribution is 2.33. The minimum absolute atomic E-state index is 0.0647. The molecule has 0 amide bonds. The van der Waals surface area contributed by atoms with Gasteiger partial charge in [0.2, 0.25) is 0 Å². The van der Waals surface area contributed by atoms with Gasteiger partial charge in [0, 0.05) is 5.92 Å². The highest BCUT2D eigenvalue weighted by atomic mass is 16.1. The number of rotatable bonds is 3. The quantitative estimate of drug-likeness (QED) is 0.731. The average Bonchev–Trinajstić information content (AvgIpc) is 2.36. The van der Waals surface area contributed by atoms with Crippen molar-refractivity contribution in [1.29, 1.82) is 0 Å². The first kappa shape index (κ1) is 12.8. The van der Waals surface area contributed by atoms with Gasteiger partial charge in [0.15, 0.2) is 5.78 Å². The summed E-state index contributed by atoms with van der Waals surface area (Å²) >= 11 is 0. The van der Waals surface area contributed by atoms with E-state index in [1.54, 1.807) is 0 Å². The van der Waals surface area contributed by atoms with E-state index in [4.69, 9.17) is 0 Å². The first-order valence-corrected chi connectivity index (χ1v) is 6.50. The van der Waals surface area contributed by atoms with E-state index in [1.807, 2.05) is 32.0 Å². The van der Waals surface area contributed by atoms with Crippen LogP contribution in [-0.2, 0) is 11.2 Å². The standard InChI is InChI=1S/C17H20O/c1-12(2)15-10-9-13(3)17(18)16(15)11-14-7-5-4-6-8-14/h4-9,15-16H,1,10-11H2,2-3H3/t15-,16+/m0/s1. The maximum Gasteiger partial charge on any atom is 0.162 e. The highest BCUT2D eigenvalue weighted by molar-refractivity contribution is 5.98. The third-order valence-corrected chi connectivity index (χ3v) is 3.82. The minimum Gasteiger partial charge on any atom is -0.294 e. The molecule has 18 heavy (non-hydrogen) atoms. The van der Waals surface area contributed by atoms with E-state index in [0.29, 0.717) is 5.92 Å². The number of carbonyl (C=O) groups excluding carboxylic acids is 1. The molecular formula is C17H20O. The van der Waals surface area contributed by atoms with Crippen LogP contribution in [0, 0.1) is 11.8 Å². The van der Waals surface area contributed by atoms with Gasteiger partial charge in [-0.1, -0.05) is 48.6 Å². The SMILES string of the molecule is C=C(C)[C@@H]1CC=C(C)C(=O)[C@@H]1Cc1ccccc1. The fourth-order valence-corrected chi connectivity index (χ4v) is 2.69. The predicted molar refractivity (Wildman–Crippen MR) is 75.3 cm³/mol. The molecule has 0 bridgehead atoms. The lowest BCUT2D eigenvalue weighted by Crippen LogP contribution is -2.30. The Morgan fingerprint density at radius 1 is 1.33 bits per heavy atom. The number of allylic oxidation sites excluding steroid dienone is 3. The lowest BCUT2D eigenvalue weighted by Gasteiger charge is -2.30. The number of ketones is 1. The van der Waals surface area contributed by atoms with Crippen LogP contribution in [0.25, 0.3) is 0 Å². The Kier molecular flexibility index (Phi) is 3.81. The van der Waals surface area contributed by atoms with Gasteiger partial charge in [-0.25, -0.2) is 0 Å². The molecule has 1 aliphatic rings. The first-order valence-electron chi connectivity index (χ1n) is 6.50. The van der Waals surface area contributed by atoms with Crippen LogP contribution in [0.15, 0.2) is 54.1 Å². The maximum absolute atomic E-state index is 12.3.